The Balaban J connectivity index is 1.78. The molecule has 3 nitrogen and oxygen atoms in total. The number of hydrogen-bond donors (Lipinski definition) is 0. The summed E-state index contributed by atoms with van der Waals surface area (Å²) in [5.74, 6) is 0. The van der Waals surface area contributed by atoms with Crippen molar-refractivity contribution in [2.45, 2.75) is 63.7 Å². The Morgan fingerprint density at radius 2 is 1.75 bits per heavy atom. The van der Waals surface area contributed by atoms with Crippen molar-refractivity contribution in [2.24, 2.45) is 0 Å². The molecule has 0 N–H and O–H groups in total. The fourth-order valence-electron chi connectivity index (χ4n) is 2.47. The van der Waals surface area contributed by atoms with E-state index in [4.69, 9.17) is 13.6 Å². The van der Waals surface area contributed by atoms with Crippen molar-refractivity contribution >= 4 is 9.28 Å². The molecule has 1 saturated heterocycles. The van der Waals surface area contributed by atoms with Crippen LogP contribution in [0.2, 0.25) is 5.54 Å². The van der Waals surface area contributed by atoms with Crippen LogP contribution < -0.4 is 0 Å². The average molecular weight is 244 g/mol. The van der Waals surface area contributed by atoms with Gasteiger partial charge in [-0.15, -0.1) is 0 Å². The average Bonchev–Trinajstić information content (AvgIpc) is 3.07. The van der Waals surface area contributed by atoms with E-state index in [-0.39, 0.29) is 0 Å². The van der Waals surface area contributed by atoms with Gasteiger partial charge in [-0.2, -0.15) is 0 Å². The summed E-state index contributed by atoms with van der Waals surface area (Å²) in [7, 11) is -1.44. The molecular weight excluding hydrogens is 220 g/mol. The lowest BCUT2D eigenvalue weighted by Crippen LogP contribution is -2.32. The second-order valence-corrected chi connectivity index (χ2v) is 7.24. The van der Waals surface area contributed by atoms with Crippen LogP contribution in [0.4, 0.5) is 0 Å². The van der Waals surface area contributed by atoms with Gasteiger partial charge >= 0.3 is 9.28 Å². The molecule has 3 unspecified atom stereocenters. The molecule has 4 heteroatoms. The summed E-state index contributed by atoms with van der Waals surface area (Å²) in [6.07, 6.45) is 6.99. The lowest BCUT2D eigenvalue weighted by atomic mass is 10.0. The third-order valence-corrected chi connectivity index (χ3v) is 5.91. The first kappa shape index (κ1) is 12.6. The molecule has 2 aliphatic rings. The first-order valence-corrected chi connectivity index (χ1v) is 8.34. The Hall–Kier alpha value is 0.0969. The van der Waals surface area contributed by atoms with Crippen LogP contribution in [0.15, 0.2) is 0 Å². The second-order valence-electron chi connectivity index (χ2n) is 4.90. The fourth-order valence-corrected chi connectivity index (χ4v) is 5.00. The van der Waals surface area contributed by atoms with Crippen molar-refractivity contribution < 1.29 is 13.6 Å². The van der Waals surface area contributed by atoms with Gasteiger partial charge in [-0.1, -0.05) is 13.8 Å². The second kappa shape index (κ2) is 6.14. The number of rotatable bonds is 7. The van der Waals surface area contributed by atoms with Gasteiger partial charge in [-0.05, 0) is 32.1 Å². The predicted octanol–water partition coefficient (Wildman–Crippen LogP) is 2.38. The van der Waals surface area contributed by atoms with E-state index in [1.165, 1.54) is 19.3 Å². The highest BCUT2D eigenvalue weighted by atomic mass is 28.3. The molecule has 94 valence electrons. The van der Waals surface area contributed by atoms with Crippen LogP contribution in [0, 0.1) is 0 Å². The molecule has 1 saturated carbocycles. The quantitative estimate of drug-likeness (QED) is 0.509. The van der Waals surface area contributed by atoms with Gasteiger partial charge in [0, 0.05) is 18.8 Å². The summed E-state index contributed by atoms with van der Waals surface area (Å²) in [6, 6.07) is 0. The van der Waals surface area contributed by atoms with Crippen LogP contribution in [-0.4, -0.2) is 34.7 Å². The third kappa shape index (κ3) is 3.29. The first-order chi connectivity index (χ1) is 7.85. The third-order valence-electron chi connectivity index (χ3n) is 3.40. The summed E-state index contributed by atoms with van der Waals surface area (Å²) in [5.41, 5.74) is 0.682. The van der Waals surface area contributed by atoms with Crippen LogP contribution in [0.25, 0.3) is 0 Å². The van der Waals surface area contributed by atoms with E-state index in [1.54, 1.807) is 0 Å². The smallest absolute Gasteiger partial charge is 0.324 e. The van der Waals surface area contributed by atoms with E-state index < -0.39 is 9.28 Å². The van der Waals surface area contributed by atoms with Crippen molar-refractivity contribution in [3.8, 4) is 0 Å². The topological polar surface area (TPSA) is 31.0 Å². The van der Waals surface area contributed by atoms with Crippen LogP contribution in [0.1, 0.15) is 46.0 Å². The minimum absolute atomic E-state index is 0.546. The Morgan fingerprint density at radius 3 is 2.31 bits per heavy atom. The van der Waals surface area contributed by atoms with E-state index in [0.717, 1.165) is 26.1 Å². The lowest BCUT2D eigenvalue weighted by Gasteiger charge is -2.26. The highest BCUT2D eigenvalue weighted by Gasteiger charge is 2.46. The molecule has 16 heavy (non-hydrogen) atoms. The van der Waals surface area contributed by atoms with E-state index in [9.17, 15) is 0 Å². The van der Waals surface area contributed by atoms with E-state index in [1.807, 2.05) is 0 Å². The zero-order chi connectivity index (χ0) is 11.4. The number of hydrogen-bond acceptors (Lipinski definition) is 3. The molecule has 0 radical (unpaired) electrons. The number of ether oxygens (including phenoxy) is 1. The molecule has 0 aromatic heterocycles. The van der Waals surface area contributed by atoms with Gasteiger partial charge in [-0.3, -0.25) is 0 Å². The standard InChI is InChI=1S/C12H24O3Si/c1-3-7-13-16(14-8-4-2)10-5-6-11-12(9-10)15-11/h10-12,16H,3-9H2,1-2H3. The van der Waals surface area contributed by atoms with Crippen molar-refractivity contribution in [1.82, 2.24) is 0 Å². The maximum atomic E-state index is 5.96. The van der Waals surface area contributed by atoms with Gasteiger partial charge < -0.3 is 13.6 Å². The van der Waals surface area contributed by atoms with Crippen molar-refractivity contribution in [1.29, 1.82) is 0 Å². The lowest BCUT2D eigenvalue weighted by molar-refractivity contribution is 0.182. The minimum Gasteiger partial charge on any atom is -0.396 e. The van der Waals surface area contributed by atoms with Gasteiger partial charge in [0.2, 0.25) is 0 Å². The molecule has 0 aromatic rings. The zero-order valence-corrected chi connectivity index (χ0v) is 11.6. The molecule has 1 aliphatic carbocycles. The predicted molar refractivity (Wildman–Crippen MR) is 65.9 cm³/mol. The highest BCUT2D eigenvalue weighted by Crippen LogP contribution is 2.43. The summed E-state index contributed by atoms with van der Waals surface area (Å²) in [6.45, 7) is 6.05. The van der Waals surface area contributed by atoms with Crippen LogP contribution in [0.5, 0.6) is 0 Å². The molecule has 1 aliphatic heterocycles. The first-order valence-electron chi connectivity index (χ1n) is 6.73. The van der Waals surface area contributed by atoms with Gasteiger partial charge in [0.05, 0.1) is 12.2 Å². The maximum absolute atomic E-state index is 5.96. The Morgan fingerprint density at radius 1 is 1.06 bits per heavy atom. The van der Waals surface area contributed by atoms with Crippen molar-refractivity contribution in [3.63, 3.8) is 0 Å². The normalized spacial score (nSPS) is 32.8. The Kier molecular flexibility index (Phi) is 4.82. The van der Waals surface area contributed by atoms with Crippen LogP contribution >= 0.6 is 0 Å². The molecule has 0 amide bonds. The zero-order valence-electron chi connectivity index (χ0n) is 10.5. The molecule has 2 rings (SSSR count). The van der Waals surface area contributed by atoms with Crippen LogP contribution in [0.3, 0.4) is 0 Å². The summed E-state index contributed by atoms with van der Waals surface area (Å²) < 4.78 is 17.5. The maximum Gasteiger partial charge on any atom is 0.324 e. The minimum atomic E-state index is -1.44. The van der Waals surface area contributed by atoms with Crippen molar-refractivity contribution in [3.05, 3.63) is 0 Å². The molecule has 0 spiro atoms. The van der Waals surface area contributed by atoms with Gasteiger partial charge in [0.15, 0.2) is 0 Å². The number of epoxide rings is 1. The van der Waals surface area contributed by atoms with E-state index >= 15 is 0 Å². The Labute approximate surface area is 100 Å². The molecule has 2 fully saturated rings. The molecule has 0 bridgehead atoms. The molecule has 3 atom stereocenters. The van der Waals surface area contributed by atoms with Gasteiger partial charge in [0.25, 0.3) is 0 Å². The van der Waals surface area contributed by atoms with Gasteiger partial charge in [-0.25, -0.2) is 0 Å². The largest absolute Gasteiger partial charge is 0.396 e. The molecular formula is C12H24O3Si. The summed E-state index contributed by atoms with van der Waals surface area (Å²) >= 11 is 0. The number of fused-ring (bicyclic) bond motifs is 1. The SMILES string of the molecule is CCCO[SiH](OCCC)C1CCC2OC2C1. The van der Waals surface area contributed by atoms with E-state index in [0.29, 0.717) is 17.7 Å². The molecule has 0 aromatic carbocycles. The summed E-state index contributed by atoms with van der Waals surface area (Å²) in [4.78, 5) is 0. The van der Waals surface area contributed by atoms with Crippen molar-refractivity contribution in [2.75, 3.05) is 13.2 Å². The highest BCUT2D eigenvalue weighted by molar-refractivity contribution is 6.46. The molecule has 1 heterocycles. The Bertz CT molecular complexity index is 204. The monoisotopic (exact) mass is 244 g/mol. The van der Waals surface area contributed by atoms with Crippen LogP contribution in [-0.2, 0) is 13.6 Å². The fraction of sp³-hybridized carbons (Fsp3) is 1.00. The summed E-state index contributed by atoms with van der Waals surface area (Å²) in [5, 5.41) is 0. The van der Waals surface area contributed by atoms with Gasteiger partial charge in [0.1, 0.15) is 0 Å². The van der Waals surface area contributed by atoms with E-state index in [2.05, 4.69) is 13.8 Å².